The molecule has 1 rings (SSSR count). The van der Waals surface area contributed by atoms with Gasteiger partial charge in [-0.3, -0.25) is 0 Å². The van der Waals surface area contributed by atoms with Gasteiger partial charge in [0.1, 0.15) is 21.4 Å². The molecule has 0 saturated carbocycles. The van der Waals surface area contributed by atoms with E-state index in [2.05, 4.69) is 0 Å². The van der Waals surface area contributed by atoms with E-state index in [0.717, 1.165) is 11.3 Å². The Morgan fingerprint density at radius 2 is 2.06 bits per heavy atom. The van der Waals surface area contributed by atoms with Gasteiger partial charge in [0.2, 0.25) is 0 Å². The second-order valence-corrected chi connectivity index (χ2v) is 6.74. The third kappa shape index (κ3) is 4.16. The van der Waals surface area contributed by atoms with Gasteiger partial charge < -0.3 is 9.52 Å². The van der Waals surface area contributed by atoms with Crippen molar-refractivity contribution in [1.29, 1.82) is 0 Å². The summed E-state index contributed by atoms with van der Waals surface area (Å²) in [5.74, 6) is 1.76. The molecule has 0 bridgehead atoms. The van der Waals surface area contributed by atoms with Gasteiger partial charge in [0.15, 0.2) is 0 Å². The molecule has 1 heterocycles. The summed E-state index contributed by atoms with van der Waals surface area (Å²) in [6.07, 6.45) is 0.277. The van der Waals surface area contributed by atoms with Crippen molar-refractivity contribution in [3.63, 3.8) is 0 Å². The highest BCUT2D eigenvalue weighted by Gasteiger charge is 2.15. The van der Waals surface area contributed by atoms with Crippen LogP contribution in [0.3, 0.4) is 0 Å². The first-order valence-corrected chi connectivity index (χ1v) is 7.63. The van der Waals surface area contributed by atoms with E-state index in [1.54, 1.807) is 19.9 Å². The number of rotatable bonds is 6. The zero-order valence-corrected chi connectivity index (χ0v) is 11.4. The summed E-state index contributed by atoms with van der Waals surface area (Å²) >= 11 is 0. The third-order valence-electron chi connectivity index (χ3n) is 2.81. The highest BCUT2D eigenvalue weighted by Crippen LogP contribution is 2.25. The lowest BCUT2D eigenvalue weighted by Crippen LogP contribution is -2.10. The first kappa shape index (κ1) is 14.3. The molecule has 0 saturated heterocycles. The van der Waals surface area contributed by atoms with Gasteiger partial charge in [-0.1, -0.05) is 6.92 Å². The largest absolute Gasteiger partial charge is 0.466 e. The molecule has 0 aromatic carbocycles. The van der Waals surface area contributed by atoms with Crippen LogP contribution < -0.4 is 0 Å². The SMILES string of the molecule is CCS(=O)(=O)CCCC(O)c1cc(C)oc1C. The van der Waals surface area contributed by atoms with E-state index in [9.17, 15) is 13.5 Å². The van der Waals surface area contributed by atoms with Crippen molar-refractivity contribution in [3.8, 4) is 0 Å². The fourth-order valence-corrected chi connectivity index (χ4v) is 2.67. The Bertz CT molecular complexity index is 459. The van der Waals surface area contributed by atoms with E-state index in [-0.39, 0.29) is 11.5 Å². The predicted octanol–water partition coefficient (Wildman–Crippen LogP) is 2.14. The van der Waals surface area contributed by atoms with E-state index in [0.29, 0.717) is 18.6 Å². The van der Waals surface area contributed by atoms with Crippen molar-refractivity contribution in [2.24, 2.45) is 0 Å². The van der Waals surface area contributed by atoms with E-state index in [1.807, 2.05) is 6.92 Å². The average molecular weight is 260 g/mol. The summed E-state index contributed by atoms with van der Waals surface area (Å²) in [7, 11) is -2.94. The van der Waals surface area contributed by atoms with Crippen molar-refractivity contribution >= 4 is 9.84 Å². The van der Waals surface area contributed by atoms with E-state index >= 15 is 0 Å². The molecule has 0 aliphatic carbocycles. The summed E-state index contributed by atoms with van der Waals surface area (Å²) < 4.78 is 27.9. The van der Waals surface area contributed by atoms with Crippen LogP contribution in [-0.2, 0) is 9.84 Å². The molecule has 17 heavy (non-hydrogen) atoms. The minimum Gasteiger partial charge on any atom is -0.466 e. The summed E-state index contributed by atoms with van der Waals surface area (Å²) in [6.45, 7) is 5.26. The number of hydrogen-bond donors (Lipinski definition) is 1. The van der Waals surface area contributed by atoms with Crippen LogP contribution in [0.5, 0.6) is 0 Å². The number of aliphatic hydroxyl groups is 1. The summed E-state index contributed by atoms with van der Waals surface area (Å²) in [5, 5.41) is 9.93. The van der Waals surface area contributed by atoms with Crippen molar-refractivity contribution < 1.29 is 17.9 Å². The molecule has 0 fully saturated rings. The summed E-state index contributed by atoms with van der Waals surface area (Å²) in [5.41, 5.74) is 0.761. The molecule has 98 valence electrons. The number of furan rings is 1. The fourth-order valence-electron chi connectivity index (χ4n) is 1.78. The Hall–Kier alpha value is -0.810. The molecule has 0 amide bonds. The number of hydrogen-bond acceptors (Lipinski definition) is 4. The van der Waals surface area contributed by atoms with Crippen LogP contribution >= 0.6 is 0 Å². The van der Waals surface area contributed by atoms with E-state index in [4.69, 9.17) is 4.42 Å². The predicted molar refractivity (Wildman–Crippen MR) is 66.7 cm³/mol. The zero-order valence-electron chi connectivity index (χ0n) is 10.6. The molecule has 1 N–H and O–H groups in total. The average Bonchev–Trinajstić information content (AvgIpc) is 2.57. The monoisotopic (exact) mass is 260 g/mol. The van der Waals surface area contributed by atoms with Gasteiger partial charge in [0.25, 0.3) is 0 Å². The Morgan fingerprint density at radius 3 is 2.53 bits per heavy atom. The minimum absolute atomic E-state index is 0.135. The molecule has 0 aliphatic rings. The molecular formula is C12H20O4S. The highest BCUT2D eigenvalue weighted by atomic mass is 32.2. The molecule has 1 unspecified atom stereocenters. The van der Waals surface area contributed by atoms with Gasteiger partial charge in [0.05, 0.1) is 11.9 Å². The highest BCUT2D eigenvalue weighted by molar-refractivity contribution is 7.91. The Kier molecular flexibility index (Phi) is 4.77. The van der Waals surface area contributed by atoms with Crippen LogP contribution in [0.15, 0.2) is 10.5 Å². The third-order valence-corrected chi connectivity index (χ3v) is 4.60. The van der Waals surface area contributed by atoms with Crippen LogP contribution in [0.2, 0.25) is 0 Å². The first-order chi connectivity index (χ1) is 7.85. The maximum atomic E-state index is 11.3. The molecule has 0 aliphatic heterocycles. The number of aryl methyl sites for hydroxylation is 2. The Morgan fingerprint density at radius 1 is 1.41 bits per heavy atom. The van der Waals surface area contributed by atoms with Crippen LogP contribution in [0, 0.1) is 13.8 Å². The summed E-state index contributed by atoms with van der Waals surface area (Å²) in [4.78, 5) is 0. The van der Waals surface area contributed by atoms with Crippen molar-refractivity contribution in [1.82, 2.24) is 0 Å². The smallest absolute Gasteiger partial charge is 0.150 e. The fraction of sp³-hybridized carbons (Fsp3) is 0.667. The van der Waals surface area contributed by atoms with Gasteiger partial charge in [-0.2, -0.15) is 0 Å². The van der Waals surface area contributed by atoms with E-state index in [1.165, 1.54) is 0 Å². The van der Waals surface area contributed by atoms with Gasteiger partial charge in [0, 0.05) is 11.3 Å². The lowest BCUT2D eigenvalue weighted by molar-refractivity contribution is 0.165. The molecule has 5 heteroatoms. The summed E-state index contributed by atoms with van der Waals surface area (Å²) in [6, 6.07) is 1.80. The van der Waals surface area contributed by atoms with Crippen molar-refractivity contribution in [3.05, 3.63) is 23.2 Å². The lowest BCUT2D eigenvalue weighted by atomic mass is 10.1. The van der Waals surface area contributed by atoms with Crippen molar-refractivity contribution in [2.75, 3.05) is 11.5 Å². The molecule has 1 atom stereocenters. The van der Waals surface area contributed by atoms with Gasteiger partial charge in [-0.25, -0.2) is 8.42 Å². The first-order valence-electron chi connectivity index (χ1n) is 5.81. The van der Waals surface area contributed by atoms with E-state index < -0.39 is 15.9 Å². The van der Waals surface area contributed by atoms with Crippen molar-refractivity contribution in [2.45, 2.75) is 39.7 Å². The second kappa shape index (κ2) is 5.69. The number of sulfone groups is 1. The molecule has 1 aromatic rings. The van der Waals surface area contributed by atoms with Crippen LogP contribution in [0.25, 0.3) is 0 Å². The number of aliphatic hydroxyl groups excluding tert-OH is 1. The van der Waals surface area contributed by atoms with Crippen LogP contribution in [0.4, 0.5) is 0 Å². The quantitative estimate of drug-likeness (QED) is 0.851. The standard InChI is InChI=1S/C12H20O4S/c1-4-17(14,15)7-5-6-12(13)11-8-9(2)16-10(11)3/h8,12-13H,4-7H2,1-3H3. The topological polar surface area (TPSA) is 67.5 Å². The van der Waals surface area contributed by atoms with Gasteiger partial charge >= 0.3 is 0 Å². The second-order valence-electron chi connectivity index (χ2n) is 4.26. The maximum Gasteiger partial charge on any atom is 0.150 e. The normalized spacial score (nSPS) is 13.9. The molecule has 0 radical (unpaired) electrons. The molecular weight excluding hydrogens is 240 g/mol. The zero-order chi connectivity index (χ0) is 13.1. The molecule has 0 spiro atoms. The van der Waals surface area contributed by atoms with Gasteiger partial charge in [-0.15, -0.1) is 0 Å². The molecule has 1 aromatic heterocycles. The Labute approximate surface area is 103 Å². The van der Waals surface area contributed by atoms with Crippen LogP contribution in [0.1, 0.15) is 43.0 Å². The Balaban J connectivity index is 2.51. The van der Waals surface area contributed by atoms with Gasteiger partial charge in [-0.05, 0) is 32.8 Å². The maximum absolute atomic E-state index is 11.3. The molecule has 4 nitrogen and oxygen atoms in total. The minimum atomic E-state index is -2.94. The van der Waals surface area contributed by atoms with Crippen LogP contribution in [-0.4, -0.2) is 25.0 Å². The lowest BCUT2D eigenvalue weighted by Gasteiger charge is -2.09.